The molecule has 20 heavy (non-hydrogen) atoms. The number of anilines is 3. The molecule has 0 radical (unpaired) electrons. The number of halogens is 2. The molecule has 1 heterocycles. The fourth-order valence-electron chi connectivity index (χ4n) is 1.78. The van der Waals surface area contributed by atoms with Crippen LogP contribution in [0.25, 0.3) is 0 Å². The van der Waals surface area contributed by atoms with Crippen molar-refractivity contribution in [1.29, 1.82) is 0 Å². The number of aromatic nitrogens is 2. The van der Waals surface area contributed by atoms with E-state index in [2.05, 4.69) is 20.6 Å². The van der Waals surface area contributed by atoms with E-state index >= 15 is 0 Å². The number of nitrogens with zero attached hydrogens (tertiary/aromatic N) is 2. The molecule has 0 saturated carbocycles. The molecule has 0 unspecified atom stereocenters. The molecule has 0 fully saturated rings. The minimum Gasteiger partial charge on any atom is -0.370 e. The fraction of sp³-hybridized carbons (Fsp3) is 0.286. The molecule has 0 aliphatic heterocycles. The first-order valence-electron chi connectivity index (χ1n) is 6.32. The van der Waals surface area contributed by atoms with Gasteiger partial charge < -0.3 is 10.6 Å². The number of hydrogen-bond donors (Lipinski definition) is 2. The summed E-state index contributed by atoms with van der Waals surface area (Å²) in [4.78, 5) is 8.64. The van der Waals surface area contributed by atoms with Gasteiger partial charge in [0.1, 0.15) is 17.5 Å². The summed E-state index contributed by atoms with van der Waals surface area (Å²) in [6.45, 7) is 6.57. The minimum absolute atomic E-state index is 0.605. The lowest BCUT2D eigenvalue weighted by atomic mass is 10.2. The highest BCUT2D eigenvalue weighted by molar-refractivity contribution is 6.35. The Kier molecular flexibility index (Phi) is 4.68. The van der Waals surface area contributed by atoms with Crippen molar-refractivity contribution >= 4 is 40.5 Å². The van der Waals surface area contributed by atoms with Crippen molar-refractivity contribution in [2.75, 3.05) is 17.2 Å². The van der Waals surface area contributed by atoms with Gasteiger partial charge in [0.2, 0.25) is 0 Å². The Morgan fingerprint density at radius 1 is 1.00 bits per heavy atom. The zero-order valence-electron chi connectivity index (χ0n) is 11.6. The Balaban J connectivity index is 2.32. The highest BCUT2D eigenvalue weighted by atomic mass is 35.5. The number of benzene rings is 1. The molecule has 0 saturated heterocycles. The van der Waals surface area contributed by atoms with Crippen LogP contribution in [-0.4, -0.2) is 16.5 Å². The average molecular weight is 311 g/mol. The van der Waals surface area contributed by atoms with Crippen LogP contribution in [0.3, 0.4) is 0 Å². The maximum atomic E-state index is 6.21. The zero-order chi connectivity index (χ0) is 14.7. The predicted molar refractivity (Wildman–Crippen MR) is 85.4 cm³/mol. The molecule has 0 spiro atoms. The van der Waals surface area contributed by atoms with Crippen molar-refractivity contribution in [2.45, 2.75) is 20.8 Å². The third-order valence-electron chi connectivity index (χ3n) is 2.71. The van der Waals surface area contributed by atoms with Crippen LogP contribution in [0, 0.1) is 13.8 Å². The minimum atomic E-state index is 0.605. The summed E-state index contributed by atoms with van der Waals surface area (Å²) in [5, 5.41) is 7.60. The third-order valence-corrected chi connectivity index (χ3v) is 3.43. The van der Waals surface area contributed by atoms with Gasteiger partial charge in [-0.2, -0.15) is 0 Å². The second-order valence-corrected chi connectivity index (χ2v) is 5.24. The molecule has 6 heteroatoms. The van der Waals surface area contributed by atoms with Crippen molar-refractivity contribution in [1.82, 2.24) is 9.97 Å². The molecule has 0 atom stereocenters. The second-order valence-electron chi connectivity index (χ2n) is 4.42. The lowest BCUT2D eigenvalue weighted by Crippen LogP contribution is -2.04. The van der Waals surface area contributed by atoms with Gasteiger partial charge in [-0.05, 0) is 38.5 Å². The van der Waals surface area contributed by atoms with Crippen molar-refractivity contribution in [3.8, 4) is 0 Å². The van der Waals surface area contributed by atoms with Gasteiger partial charge in [0.25, 0.3) is 0 Å². The first-order valence-corrected chi connectivity index (χ1v) is 7.07. The van der Waals surface area contributed by atoms with Gasteiger partial charge in [-0.3, -0.25) is 0 Å². The summed E-state index contributed by atoms with van der Waals surface area (Å²) in [5.41, 5.74) is 1.66. The molecule has 0 bridgehead atoms. The maximum Gasteiger partial charge on any atom is 0.136 e. The smallest absolute Gasteiger partial charge is 0.136 e. The summed E-state index contributed by atoms with van der Waals surface area (Å²) in [6.07, 6.45) is 0. The molecule has 106 valence electrons. The number of nitrogens with one attached hydrogen (secondary N) is 2. The topological polar surface area (TPSA) is 49.8 Å². The molecule has 2 N–H and O–H groups in total. The molecular formula is C14H16Cl2N4. The SMILES string of the molecule is CCNc1cc(Nc2cc(Cl)c(C)cc2Cl)nc(C)n1. The van der Waals surface area contributed by atoms with E-state index in [4.69, 9.17) is 23.2 Å². The van der Waals surface area contributed by atoms with Gasteiger partial charge in [-0.1, -0.05) is 23.2 Å². The van der Waals surface area contributed by atoms with Gasteiger partial charge in [0.05, 0.1) is 10.7 Å². The van der Waals surface area contributed by atoms with Crippen LogP contribution < -0.4 is 10.6 Å². The van der Waals surface area contributed by atoms with Crippen LogP contribution in [0.4, 0.5) is 17.3 Å². The van der Waals surface area contributed by atoms with E-state index in [0.29, 0.717) is 21.7 Å². The van der Waals surface area contributed by atoms with Gasteiger partial charge in [-0.15, -0.1) is 0 Å². The van der Waals surface area contributed by atoms with Crippen molar-refractivity contribution in [3.05, 3.63) is 39.6 Å². The lowest BCUT2D eigenvalue weighted by molar-refractivity contribution is 1.04. The van der Waals surface area contributed by atoms with Crippen LogP contribution >= 0.6 is 23.2 Å². The number of hydrogen-bond acceptors (Lipinski definition) is 4. The largest absolute Gasteiger partial charge is 0.370 e. The van der Waals surface area contributed by atoms with E-state index in [1.165, 1.54) is 0 Å². The predicted octanol–water partition coefficient (Wildman–Crippen LogP) is 4.58. The van der Waals surface area contributed by atoms with E-state index in [9.17, 15) is 0 Å². The summed E-state index contributed by atoms with van der Waals surface area (Å²) in [5.74, 6) is 2.13. The van der Waals surface area contributed by atoms with Crippen molar-refractivity contribution in [2.24, 2.45) is 0 Å². The van der Waals surface area contributed by atoms with Crippen molar-refractivity contribution < 1.29 is 0 Å². The van der Waals surface area contributed by atoms with Gasteiger partial charge in [-0.25, -0.2) is 9.97 Å². The third kappa shape index (κ3) is 3.52. The van der Waals surface area contributed by atoms with Crippen LogP contribution in [-0.2, 0) is 0 Å². The Labute approximate surface area is 128 Å². The lowest BCUT2D eigenvalue weighted by Gasteiger charge is -2.11. The Morgan fingerprint density at radius 2 is 1.70 bits per heavy atom. The quantitative estimate of drug-likeness (QED) is 0.868. The monoisotopic (exact) mass is 310 g/mol. The molecule has 0 aliphatic rings. The molecule has 1 aromatic carbocycles. The van der Waals surface area contributed by atoms with Gasteiger partial charge >= 0.3 is 0 Å². The van der Waals surface area contributed by atoms with Gasteiger partial charge in [0, 0.05) is 17.6 Å². The Hall–Kier alpha value is -1.52. The van der Waals surface area contributed by atoms with Crippen LogP contribution in [0.15, 0.2) is 18.2 Å². The van der Waals surface area contributed by atoms with E-state index < -0.39 is 0 Å². The van der Waals surface area contributed by atoms with Crippen molar-refractivity contribution in [3.63, 3.8) is 0 Å². The molecule has 2 aromatic rings. The molecule has 0 amide bonds. The molecular weight excluding hydrogens is 295 g/mol. The average Bonchev–Trinajstić information content (AvgIpc) is 2.35. The van der Waals surface area contributed by atoms with E-state index in [1.54, 1.807) is 6.07 Å². The van der Waals surface area contributed by atoms with Crippen LogP contribution in [0.1, 0.15) is 18.3 Å². The van der Waals surface area contributed by atoms with Crippen LogP contribution in [0.5, 0.6) is 0 Å². The fourth-order valence-corrected chi connectivity index (χ4v) is 2.21. The molecule has 1 aromatic heterocycles. The number of rotatable bonds is 4. The first-order chi connectivity index (χ1) is 9.49. The Morgan fingerprint density at radius 3 is 2.40 bits per heavy atom. The summed E-state index contributed by atoms with van der Waals surface area (Å²) < 4.78 is 0. The Bertz CT molecular complexity index is 629. The molecule has 4 nitrogen and oxygen atoms in total. The number of aryl methyl sites for hydroxylation is 2. The van der Waals surface area contributed by atoms with E-state index in [-0.39, 0.29) is 0 Å². The molecule has 2 rings (SSSR count). The van der Waals surface area contributed by atoms with Crippen LogP contribution in [0.2, 0.25) is 10.0 Å². The maximum absolute atomic E-state index is 6.21. The highest BCUT2D eigenvalue weighted by Gasteiger charge is 2.07. The summed E-state index contributed by atoms with van der Waals surface area (Å²) in [6, 6.07) is 5.45. The summed E-state index contributed by atoms with van der Waals surface area (Å²) in [7, 11) is 0. The summed E-state index contributed by atoms with van der Waals surface area (Å²) >= 11 is 12.3. The van der Waals surface area contributed by atoms with Gasteiger partial charge in [0.15, 0.2) is 0 Å². The second kappa shape index (κ2) is 6.29. The van der Waals surface area contributed by atoms with E-state index in [1.807, 2.05) is 32.9 Å². The first kappa shape index (κ1) is 14.9. The molecule has 0 aliphatic carbocycles. The highest BCUT2D eigenvalue weighted by Crippen LogP contribution is 2.30. The normalized spacial score (nSPS) is 10.4. The standard InChI is InChI=1S/C14H16Cl2N4/c1-4-17-13-7-14(19-9(3)18-13)20-12-6-10(15)8(2)5-11(12)16/h5-7H,4H2,1-3H3,(H2,17,18,19,20). The zero-order valence-corrected chi connectivity index (χ0v) is 13.1. The van der Waals surface area contributed by atoms with E-state index in [0.717, 1.165) is 23.6 Å².